The fraction of sp³-hybridized carbons (Fsp3) is 0. The standard InChI is InChI=1S/C13H9ClN2O3/c14-11-3-1-2-4-12(11)15-13(17)9-5-7-10(8-6-9)16(18)19/h1-8H,(H,15,17). The molecule has 0 saturated carbocycles. The third-order valence-electron chi connectivity index (χ3n) is 2.46. The summed E-state index contributed by atoms with van der Waals surface area (Å²) in [6, 6.07) is 12.2. The molecule has 0 aliphatic heterocycles. The monoisotopic (exact) mass is 276 g/mol. The van der Waals surface area contributed by atoms with Crippen molar-refractivity contribution < 1.29 is 9.72 Å². The number of amides is 1. The van der Waals surface area contributed by atoms with Gasteiger partial charge in [0.05, 0.1) is 15.6 Å². The SMILES string of the molecule is O=C(Nc1ccccc1Cl)c1ccc([N+](=O)[O-])cc1. The Hall–Kier alpha value is -2.40. The van der Waals surface area contributed by atoms with Crippen molar-refractivity contribution in [2.24, 2.45) is 0 Å². The minimum atomic E-state index is -0.518. The molecule has 6 heteroatoms. The Bertz CT molecular complexity index is 626. The molecule has 0 fully saturated rings. The average Bonchev–Trinajstić information content (AvgIpc) is 2.41. The van der Waals surface area contributed by atoms with Gasteiger partial charge >= 0.3 is 0 Å². The highest BCUT2D eigenvalue weighted by atomic mass is 35.5. The molecule has 0 unspecified atom stereocenters. The summed E-state index contributed by atoms with van der Waals surface area (Å²) in [5.74, 6) is -0.372. The summed E-state index contributed by atoms with van der Waals surface area (Å²) in [7, 11) is 0. The molecule has 0 heterocycles. The lowest BCUT2D eigenvalue weighted by Crippen LogP contribution is -2.12. The molecule has 2 aromatic carbocycles. The smallest absolute Gasteiger partial charge is 0.269 e. The molecule has 0 aliphatic rings. The molecule has 0 aromatic heterocycles. The summed E-state index contributed by atoms with van der Waals surface area (Å²) in [5, 5.41) is 13.6. The minimum absolute atomic E-state index is 0.0608. The number of hydrogen-bond donors (Lipinski definition) is 1. The van der Waals surface area contributed by atoms with Crippen LogP contribution in [0.25, 0.3) is 0 Å². The third kappa shape index (κ3) is 3.08. The van der Waals surface area contributed by atoms with Crippen molar-refractivity contribution in [1.29, 1.82) is 0 Å². The number of carbonyl (C=O) groups is 1. The van der Waals surface area contributed by atoms with Crippen LogP contribution >= 0.6 is 11.6 Å². The number of nitrogens with one attached hydrogen (secondary N) is 1. The van der Waals surface area contributed by atoms with Crippen LogP contribution in [0.3, 0.4) is 0 Å². The Balaban J connectivity index is 2.16. The van der Waals surface area contributed by atoms with E-state index in [2.05, 4.69) is 5.32 Å². The van der Waals surface area contributed by atoms with Crippen molar-refractivity contribution in [3.8, 4) is 0 Å². The topological polar surface area (TPSA) is 72.2 Å². The van der Waals surface area contributed by atoms with Crippen LogP contribution in [0.5, 0.6) is 0 Å². The maximum absolute atomic E-state index is 11.9. The van der Waals surface area contributed by atoms with Gasteiger partial charge < -0.3 is 5.32 Å². The van der Waals surface area contributed by atoms with Crippen molar-refractivity contribution in [1.82, 2.24) is 0 Å². The number of nitrogens with zero attached hydrogens (tertiary/aromatic N) is 1. The van der Waals surface area contributed by atoms with Gasteiger partial charge in [0.25, 0.3) is 11.6 Å². The quantitative estimate of drug-likeness (QED) is 0.689. The van der Waals surface area contributed by atoms with Gasteiger partial charge in [-0.05, 0) is 24.3 Å². The first kappa shape index (κ1) is 13.0. The molecule has 2 rings (SSSR count). The van der Waals surface area contributed by atoms with Crippen molar-refractivity contribution >= 4 is 28.9 Å². The molecular formula is C13H9ClN2O3. The lowest BCUT2D eigenvalue weighted by Gasteiger charge is -2.06. The van der Waals surface area contributed by atoms with Gasteiger partial charge in [0.2, 0.25) is 0 Å². The molecule has 0 bridgehead atoms. The number of carbonyl (C=O) groups excluding carboxylic acids is 1. The van der Waals surface area contributed by atoms with E-state index in [0.717, 1.165) is 0 Å². The van der Waals surface area contributed by atoms with Crippen LogP contribution in [0.2, 0.25) is 5.02 Å². The molecule has 0 spiro atoms. The fourth-order valence-corrected chi connectivity index (χ4v) is 1.67. The Morgan fingerprint density at radius 1 is 1.11 bits per heavy atom. The van der Waals surface area contributed by atoms with Crippen molar-refractivity contribution in [3.63, 3.8) is 0 Å². The first-order chi connectivity index (χ1) is 9.08. The zero-order chi connectivity index (χ0) is 13.8. The minimum Gasteiger partial charge on any atom is -0.321 e. The van der Waals surface area contributed by atoms with Crippen molar-refractivity contribution in [2.75, 3.05) is 5.32 Å². The van der Waals surface area contributed by atoms with Gasteiger partial charge in [-0.15, -0.1) is 0 Å². The number of anilines is 1. The number of rotatable bonds is 3. The highest BCUT2D eigenvalue weighted by Crippen LogP contribution is 2.21. The Kier molecular flexibility index (Phi) is 3.77. The van der Waals surface area contributed by atoms with Crippen LogP contribution in [0.1, 0.15) is 10.4 Å². The Morgan fingerprint density at radius 3 is 2.32 bits per heavy atom. The van der Waals surface area contributed by atoms with Crippen LogP contribution in [0.15, 0.2) is 48.5 Å². The van der Waals surface area contributed by atoms with Crippen LogP contribution in [0.4, 0.5) is 11.4 Å². The highest BCUT2D eigenvalue weighted by Gasteiger charge is 2.10. The van der Waals surface area contributed by atoms with Gasteiger partial charge in [0.1, 0.15) is 0 Å². The maximum atomic E-state index is 11.9. The fourth-order valence-electron chi connectivity index (χ4n) is 1.49. The number of nitro groups is 1. The first-order valence-electron chi connectivity index (χ1n) is 5.38. The predicted octanol–water partition coefficient (Wildman–Crippen LogP) is 3.50. The normalized spacial score (nSPS) is 9.95. The first-order valence-corrected chi connectivity index (χ1v) is 5.76. The molecule has 0 atom stereocenters. The van der Waals surface area contributed by atoms with E-state index in [4.69, 9.17) is 11.6 Å². The van der Waals surface area contributed by atoms with Crippen LogP contribution in [-0.2, 0) is 0 Å². The second-order valence-corrected chi connectivity index (χ2v) is 4.15. The number of halogens is 1. The van der Waals surface area contributed by atoms with Gasteiger partial charge in [-0.3, -0.25) is 14.9 Å². The summed E-state index contributed by atoms with van der Waals surface area (Å²) in [6.45, 7) is 0. The summed E-state index contributed by atoms with van der Waals surface area (Å²) in [5.41, 5.74) is 0.757. The van der Waals surface area contributed by atoms with E-state index < -0.39 is 4.92 Å². The van der Waals surface area contributed by atoms with Crippen LogP contribution in [-0.4, -0.2) is 10.8 Å². The van der Waals surface area contributed by atoms with E-state index >= 15 is 0 Å². The molecule has 2 aromatic rings. The number of non-ortho nitro benzene ring substituents is 1. The molecule has 96 valence electrons. The largest absolute Gasteiger partial charge is 0.321 e. The van der Waals surface area contributed by atoms with E-state index in [0.29, 0.717) is 16.3 Å². The molecule has 19 heavy (non-hydrogen) atoms. The van der Waals surface area contributed by atoms with Gasteiger partial charge in [-0.1, -0.05) is 23.7 Å². The lowest BCUT2D eigenvalue weighted by molar-refractivity contribution is -0.384. The lowest BCUT2D eigenvalue weighted by atomic mass is 10.2. The second-order valence-electron chi connectivity index (χ2n) is 3.74. The number of hydrogen-bond acceptors (Lipinski definition) is 3. The molecular weight excluding hydrogens is 268 g/mol. The van der Waals surface area contributed by atoms with Gasteiger partial charge in [-0.25, -0.2) is 0 Å². The summed E-state index contributed by atoms with van der Waals surface area (Å²) >= 11 is 5.92. The van der Waals surface area contributed by atoms with Gasteiger partial charge in [0.15, 0.2) is 0 Å². The third-order valence-corrected chi connectivity index (χ3v) is 2.79. The van der Waals surface area contributed by atoms with E-state index in [-0.39, 0.29) is 11.6 Å². The Labute approximate surface area is 114 Å². The summed E-state index contributed by atoms with van der Waals surface area (Å²) in [4.78, 5) is 21.9. The molecule has 0 saturated heterocycles. The second kappa shape index (κ2) is 5.49. The summed E-state index contributed by atoms with van der Waals surface area (Å²) < 4.78 is 0. The van der Waals surface area contributed by atoms with E-state index in [1.54, 1.807) is 24.3 Å². The zero-order valence-corrected chi connectivity index (χ0v) is 10.4. The molecule has 0 radical (unpaired) electrons. The van der Waals surface area contributed by atoms with Crippen LogP contribution < -0.4 is 5.32 Å². The number of nitro benzene ring substituents is 1. The predicted molar refractivity (Wildman–Crippen MR) is 72.5 cm³/mol. The van der Waals surface area contributed by atoms with Crippen LogP contribution in [0, 0.1) is 10.1 Å². The van der Waals surface area contributed by atoms with Gasteiger partial charge in [-0.2, -0.15) is 0 Å². The number of para-hydroxylation sites is 1. The maximum Gasteiger partial charge on any atom is 0.269 e. The van der Waals surface area contributed by atoms with Gasteiger partial charge in [0, 0.05) is 17.7 Å². The number of benzene rings is 2. The van der Waals surface area contributed by atoms with Crippen molar-refractivity contribution in [2.45, 2.75) is 0 Å². The average molecular weight is 277 g/mol. The zero-order valence-electron chi connectivity index (χ0n) is 9.67. The molecule has 1 amide bonds. The van der Waals surface area contributed by atoms with E-state index in [9.17, 15) is 14.9 Å². The highest BCUT2D eigenvalue weighted by molar-refractivity contribution is 6.33. The van der Waals surface area contributed by atoms with Crippen molar-refractivity contribution in [3.05, 3.63) is 69.2 Å². The molecule has 5 nitrogen and oxygen atoms in total. The summed E-state index contributed by atoms with van der Waals surface area (Å²) in [6.07, 6.45) is 0. The molecule has 1 N–H and O–H groups in total. The Morgan fingerprint density at radius 2 is 1.74 bits per heavy atom. The van der Waals surface area contributed by atoms with E-state index in [1.165, 1.54) is 24.3 Å². The van der Waals surface area contributed by atoms with E-state index in [1.807, 2.05) is 0 Å². The molecule has 0 aliphatic carbocycles.